The zero-order valence-corrected chi connectivity index (χ0v) is 10.8. The number of phenols is 1. The van der Waals surface area contributed by atoms with Crippen LogP contribution in [0.5, 0.6) is 5.75 Å². The molecule has 0 unspecified atom stereocenters. The number of halogens is 2. The largest absolute Gasteiger partial charge is 0.507 e. The lowest BCUT2D eigenvalue weighted by atomic mass is 10.1. The van der Waals surface area contributed by atoms with Gasteiger partial charge in [-0.05, 0) is 43.2 Å². The number of nitrogens with one attached hydrogen (secondary N) is 1. The topological polar surface area (TPSA) is 32.3 Å². The van der Waals surface area contributed by atoms with E-state index in [1.54, 1.807) is 13.0 Å². The number of aromatic hydroxyl groups is 1. The molecule has 2 nitrogen and oxygen atoms in total. The molecule has 0 heterocycles. The summed E-state index contributed by atoms with van der Waals surface area (Å²) in [5, 5.41) is 12.9. The fraction of sp³-hybridized carbons (Fsp3) is 0.200. The van der Waals surface area contributed by atoms with E-state index in [1.807, 2.05) is 13.0 Å². The van der Waals surface area contributed by atoms with E-state index in [0.29, 0.717) is 5.56 Å². The molecule has 0 aromatic heterocycles. The van der Waals surface area contributed by atoms with Gasteiger partial charge < -0.3 is 10.4 Å². The summed E-state index contributed by atoms with van der Waals surface area (Å²) in [5.74, 6) is -0.962. The van der Waals surface area contributed by atoms with Crippen molar-refractivity contribution < 1.29 is 13.9 Å². The third-order valence-electron chi connectivity index (χ3n) is 3.04. The molecule has 0 spiro atoms. The van der Waals surface area contributed by atoms with Gasteiger partial charge in [-0.1, -0.05) is 6.07 Å². The molecule has 0 aliphatic rings. The summed E-state index contributed by atoms with van der Waals surface area (Å²) in [6, 6.07) is 7.02. The van der Waals surface area contributed by atoms with E-state index >= 15 is 0 Å². The Morgan fingerprint density at radius 1 is 1.05 bits per heavy atom. The molecule has 0 atom stereocenters. The second-order valence-electron chi connectivity index (χ2n) is 4.53. The van der Waals surface area contributed by atoms with Gasteiger partial charge in [0.1, 0.15) is 17.4 Å². The quantitative estimate of drug-likeness (QED) is 0.880. The van der Waals surface area contributed by atoms with Crippen LogP contribution >= 0.6 is 0 Å². The molecule has 0 saturated heterocycles. The fourth-order valence-corrected chi connectivity index (χ4v) is 1.94. The minimum Gasteiger partial charge on any atom is -0.507 e. The van der Waals surface area contributed by atoms with E-state index in [2.05, 4.69) is 5.32 Å². The van der Waals surface area contributed by atoms with Crippen LogP contribution in [0.3, 0.4) is 0 Å². The Morgan fingerprint density at radius 2 is 1.68 bits per heavy atom. The van der Waals surface area contributed by atoms with Crippen LogP contribution in [-0.2, 0) is 6.54 Å². The van der Waals surface area contributed by atoms with Gasteiger partial charge in [0.15, 0.2) is 0 Å². The molecule has 2 N–H and O–H groups in total. The van der Waals surface area contributed by atoms with E-state index in [4.69, 9.17) is 0 Å². The molecule has 4 heteroatoms. The number of rotatable bonds is 3. The van der Waals surface area contributed by atoms with Gasteiger partial charge in [0.2, 0.25) is 0 Å². The maximum absolute atomic E-state index is 13.0. The normalized spacial score (nSPS) is 10.5. The molecule has 0 aliphatic carbocycles. The average Bonchev–Trinajstić information content (AvgIpc) is 2.34. The molecule has 0 fully saturated rings. The van der Waals surface area contributed by atoms with E-state index in [1.165, 1.54) is 12.1 Å². The van der Waals surface area contributed by atoms with Crippen molar-refractivity contribution >= 4 is 5.69 Å². The lowest BCUT2D eigenvalue weighted by Crippen LogP contribution is -2.02. The summed E-state index contributed by atoms with van der Waals surface area (Å²) in [4.78, 5) is 0. The van der Waals surface area contributed by atoms with Crippen molar-refractivity contribution in [2.45, 2.75) is 20.4 Å². The standard InChI is InChI=1S/C15H15F2NO/c1-9-3-4-14(10(2)15(9)19)18-8-11-5-12(16)7-13(17)6-11/h3-7,18-19H,8H2,1-2H3. The predicted octanol–water partition coefficient (Wildman–Crippen LogP) is 3.90. The molecule has 0 bridgehead atoms. The van der Waals surface area contributed by atoms with Crippen LogP contribution in [0.25, 0.3) is 0 Å². The van der Waals surface area contributed by atoms with Gasteiger partial charge in [0.05, 0.1) is 0 Å². The molecular formula is C15H15F2NO. The zero-order chi connectivity index (χ0) is 14.0. The Morgan fingerprint density at radius 3 is 2.32 bits per heavy atom. The van der Waals surface area contributed by atoms with Crippen LogP contribution in [-0.4, -0.2) is 5.11 Å². The fourth-order valence-electron chi connectivity index (χ4n) is 1.94. The van der Waals surface area contributed by atoms with E-state index in [-0.39, 0.29) is 12.3 Å². The summed E-state index contributed by atoms with van der Waals surface area (Å²) in [5.41, 5.74) is 2.77. The monoisotopic (exact) mass is 263 g/mol. The van der Waals surface area contributed by atoms with Gasteiger partial charge >= 0.3 is 0 Å². The molecule has 2 rings (SSSR count). The first-order chi connectivity index (χ1) is 8.97. The summed E-state index contributed by atoms with van der Waals surface area (Å²) in [7, 11) is 0. The molecule has 19 heavy (non-hydrogen) atoms. The lowest BCUT2D eigenvalue weighted by molar-refractivity contribution is 0.467. The summed E-state index contributed by atoms with van der Waals surface area (Å²) in [6.07, 6.45) is 0. The van der Waals surface area contributed by atoms with E-state index in [0.717, 1.165) is 22.9 Å². The van der Waals surface area contributed by atoms with Crippen molar-refractivity contribution in [3.8, 4) is 5.75 Å². The number of aryl methyl sites for hydroxylation is 1. The molecule has 100 valence electrons. The molecule has 2 aromatic rings. The third-order valence-corrected chi connectivity index (χ3v) is 3.04. The van der Waals surface area contributed by atoms with Gasteiger partial charge in [0, 0.05) is 23.9 Å². The minimum absolute atomic E-state index is 0.232. The van der Waals surface area contributed by atoms with Crippen LogP contribution in [0.4, 0.5) is 14.5 Å². The van der Waals surface area contributed by atoms with Crippen molar-refractivity contribution in [2.24, 2.45) is 0 Å². The van der Waals surface area contributed by atoms with Crippen LogP contribution in [0.2, 0.25) is 0 Å². The van der Waals surface area contributed by atoms with Gasteiger partial charge in [-0.3, -0.25) is 0 Å². The second kappa shape index (κ2) is 5.26. The Labute approximate surface area is 110 Å². The molecular weight excluding hydrogens is 248 g/mol. The zero-order valence-electron chi connectivity index (χ0n) is 10.8. The first kappa shape index (κ1) is 13.3. The van der Waals surface area contributed by atoms with Crippen molar-refractivity contribution in [3.05, 3.63) is 58.7 Å². The van der Waals surface area contributed by atoms with Crippen molar-refractivity contribution in [1.82, 2.24) is 0 Å². The number of anilines is 1. The first-order valence-electron chi connectivity index (χ1n) is 5.95. The van der Waals surface area contributed by atoms with Crippen LogP contribution < -0.4 is 5.32 Å². The van der Waals surface area contributed by atoms with Crippen LogP contribution in [0.15, 0.2) is 30.3 Å². The molecule has 2 aromatic carbocycles. The SMILES string of the molecule is Cc1ccc(NCc2cc(F)cc(F)c2)c(C)c1O. The van der Waals surface area contributed by atoms with Gasteiger partial charge in [0.25, 0.3) is 0 Å². The molecule has 0 saturated carbocycles. The second-order valence-corrected chi connectivity index (χ2v) is 4.53. The number of phenolic OH excluding ortho intramolecular Hbond substituents is 1. The summed E-state index contributed by atoms with van der Waals surface area (Å²) >= 11 is 0. The van der Waals surface area contributed by atoms with Gasteiger partial charge in [-0.2, -0.15) is 0 Å². The van der Waals surface area contributed by atoms with E-state index in [9.17, 15) is 13.9 Å². The molecule has 0 radical (unpaired) electrons. The van der Waals surface area contributed by atoms with Gasteiger partial charge in [-0.15, -0.1) is 0 Å². The lowest BCUT2D eigenvalue weighted by Gasteiger charge is -2.12. The summed E-state index contributed by atoms with van der Waals surface area (Å²) < 4.78 is 26.1. The highest BCUT2D eigenvalue weighted by molar-refractivity contribution is 5.59. The number of benzene rings is 2. The smallest absolute Gasteiger partial charge is 0.126 e. The van der Waals surface area contributed by atoms with E-state index < -0.39 is 11.6 Å². The Kier molecular flexibility index (Phi) is 3.69. The maximum atomic E-state index is 13.0. The average molecular weight is 263 g/mol. The molecule has 0 amide bonds. The molecule has 0 aliphatic heterocycles. The first-order valence-corrected chi connectivity index (χ1v) is 5.95. The van der Waals surface area contributed by atoms with Crippen LogP contribution in [0.1, 0.15) is 16.7 Å². The predicted molar refractivity (Wildman–Crippen MR) is 71.3 cm³/mol. The highest BCUT2D eigenvalue weighted by Crippen LogP contribution is 2.28. The van der Waals surface area contributed by atoms with Gasteiger partial charge in [-0.25, -0.2) is 8.78 Å². The highest BCUT2D eigenvalue weighted by Gasteiger charge is 2.06. The van der Waals surface area contributed by atoms with Crippen LogP contribution in [0, 0.1) is 25.5 Å². The maximum Gasteiger partial charge on any atom is 0.126 e. The number of hydrogen-bond acceptors (Lipinski definition) is 2. The highest BCUT2D eigenvalue weighted by atomic mass is 19.1. The van der Waals surface area contributed by atoms with Crippen molar-refractivity contribution in [2.75, 3.05) is 5.32 Å². The third kappa shape index (κ3) is 3.02. The van der Waals surface area contributed by atoms with Crippen molar-refractivity contribution in [3.63, 3.8) is 0 Å². The Hall–Kier alpha value is -2.10. The minimum atomic E-state index is -0.597. The van der Waals surface area contributed by atoms with Crippen molar-refractivity contribution in [1.29, 1.82) is 0 Å². The summed E-state index contributed by atoms with van der Waals surface area (Å²) in [6.45, 7) is 3.89. The Bertz CT molecular complexity index is 591. The Balaban J connectivity index is 2.17. The number of hydrogen-bond donors (Lipinski definition) is 2.